The normalized spacial score (nSPS) is 13.9. The smallest absolute Gasteiger partial charge is 0.113 e. The van der Waals surface area contributed by atoms with Crippen molar-refractivity contribution in [1.29, 1.82) is 0 Å². The van der Waals surface area contributed by atoms with Crippen LogP contribution in [0.1, 0.15) is 88.9 Å². The summed E-state index contributed by atoms with van der Waals surface area (Å²) in [5.74, 6) is 0.227. The zero-order valence-corrected chi connectivity index (χ0v) is 51.2. The van der Waals surface area contributed by atoms with Crippen molar-refractivity contribution < 1.29 is 0 Å². The molecule has 0 spiro atoms. The predicted octanol–water partition coefficient (Wildman–Crippen LogP) is -5.84. The van der Waals surface area contributed by atoms with Gasteiger partial charge in [0.05, 0.1) is 39.6 Å². The SMILES string of the molecule is [B][B]B([B])B(B([B])[B])c1c(B(B([B])[B])B([B])[B])c(B([B][B])B([B])[B])c(B([B])B([B])[B])c2c(B([B])[B][B])c(-c3c4c(c(C)c5c(-c6c(C)c(C)c7c(C)c(C)c(C)c(C)c7c6C)c(C)c(C)c(C)c35)=C(C)C(C)C(C)C=4C)c([B][B])c([B])c12. The van der Waals surface area contributed by atoms with E-state index in [-0.39, 0.29) is 28.2 Å². The summed E-state index contributed by atoms with van der Waals surface area (Å²) in [5.41, 5.74) is 21.4. The van der Waals surface area contributed by atoms with E-state index in [1.807, 2.05) is 0 Å². The Morgan fingerprint density at radius 2 is 0.793 bits per heavy atom. The minimum Gasteiger partial charge on any atom is -0.113 e. The van der Waals surface area contributed by atoms with Gasteiger partial charge in [-0.25, -0.2) is 0 Å². The van der Waals surface area contributed by atoms with Gasteiger partial charge >= 0.3 is 0 Å². The molecule has 0 bridgehead atoms. The van der Waals surface area contributed by atoms with Crippen LogP contribution in [0.25, 0.3) is 65.7 Å². The Morgan fingerprint density at radius 1 is 0.341 bits per heavy atom. The summed E-state index contributed by atoms with van der Waals surface area (Å²) in [5, 5.41) is 7.38. The largest absolute Gasteiger partial charge is 0.113 e. The van der Waals surface area contributed by atoms with Gasteiger partial charge in [0.2, 0.25) is 0 Å². The van der Waals surface area contributed by atoms with Gasteiger partial charge in [0.1, 0.15) is 7.85 Å². The Morgan fingerprint density at radius 3 is 1.24 bits per heavy atom. The molecule has 0 amide bonds. The zero-order chi connectivity index (χ0) is 61.8. The Hall–Kier alpha value is -2.02. The van der Waals surface area contributed by atoms with Gasteiger partial charge in [0.15, 0.2) is 0 Å². The van der Waals surface area contributed by atoms with Crippen LogP contribution in [0.15, 0.2) is 0 Å². The fourth-order valence-electron chi connectivity index (χ4n) is 14.7. The number of hydrogen-bond acceptors (Lipinski definition) is 0. The van der Waals surface area contributed by atoms with Gasteiger partial charge in [-0.2, -0.15) is 0 Å². The molecular formula is C49H47B33. The van der Waals surface area contributed by atoms with Gasteiger partial charge in [0, 0.05) is 191 Å². The zero-order valence-electron chi connectivity index (χ0n) is 51.2. The lowest BCUT2D eigenvalue weighted by molar-refractivity contribution is 0.570. The first-order valence-corrected chi connectivity index (χ1v) is 28.5. The van der Waals surface area contributed by atoms with Gasteiger partial charge in [-0.15, -0.1) is 10.9 Å². The highest BCUT2D eigenvalue weighted by Crippen LogP contribution is 2.48. The summed E-state index contributed by atoms with van der Waals surface area (Å²) in [6, 6.07) is 0. The summed E-state index contributed by atoms with van der Waals surface area (Å²) in [6.45, 7) is 27.9. The maximum absolute atomic E-state index is 8.00. The highest BCUT2D eigenvalue weighted by atomic mass is 14.3. The van der Waals surface area contributed by atoms with Crippen LogP contribution < -0.4 is 48.7 Å². The summed E-state index contributed by atoms with van der Waals surface area (Å²) in [7, 11) is 131. The average Bonchev–Trinajstić information content (AvgIpc) is 3.59. The average molecular weight is 993 g/mol. The van der Waals surface area contributed by atoms with E-state index in [0.29, 0.717) is 38.2 Å². The molecular weight excluding hydrogens is 945 g/mol. The number of hydrogen-bond donors (Lipinski definition) is 0. The lowest BCUT2D eigenvalue weighted by Gasteiger charge is -2.42. The lowest BCUT2D eigenvalue weighted by Crippen LogP contribution is -2.80. The molecule has 33 heteroatoms. The molecule has 0 fully saturated rings. The van der Waals surface area contributed by atoms with Crippen LogP contribution in [0.3, 0.4) is 0 Å². The molecule has 1 aliphatic rings. The number of rotatable bonds is 17. The molecule has 0 nitrogen and oxygen atoms in total. The molecule has 0 N–H and O–H groups in total. The van der Waals surface area contributed by atoms with Crippen molar-refractivity contribution in [3.05, 3.63) is 71.6 Å². The molecule has 7 rings (SSSR count). The Kier molecular flexibility index (Phi) is 21.1. The van der Waals surface area contributed by atoms with E-state index in [1.54, 1.807) is 0 Å². The van der Waals surface area contributed by atoms with Crippen molar-refractivity contribution >= 4 is 320 Å². The first kappa shape index (κ1) is 67.5. The molecule has 0 aromatic heterocycles. The van der Waals surface area contributed by atoms with Crippen molar-refractivity contribution in [3.63, 3.8) is 0 Å². The van der Waals surface area contributed by atoms with Crippen molar-refractivity contribution in [2.45, 2.75) is 104 Å². The minimum atomic E-state index is -1.28. The molecule has 2 atom stereocenters. The van der Waals surface area contributed by atoms with Crippen LogP contribution in [-0.4, -0.2) is 239 Å². The molecule has 0 aliphatic heterocycles. The van der Waals surface area contributed by atoms with Crippen LogP contribution in [0.5, 0.6) is 0 Å². The second-order valence-electron chi connectivity index (χ2n) is 24.1. The fourth-order valence-corrected chi connectivity index (χ4v) is 14.7. The first-order valence-electron chi connectivity index (χ1n) is 28.5. The summed E-state index contributed by atoms with van der Waals surface area (Å²) < 4.78 is 0. The third-order valence-electron chi connectivity index (χ3n) is 20.0. The quantitative estimate of drug-likeness (QED) is 0.0802. The highest BCUT2D eigenvalue weighted by Gasteiger charge is 2.43. The molecule has 0 heterocycles. The molecule has 2 unspecified atom stereocenters. The van der Waals surface area contributed by atoms with E-state index in [1.165, 1.54) is 89.2 Å². The van der Waals surface area contributed by atoms with Crippen LogP contribution in [-0.2, 0) is 0 Å². The standard InChI is InChI=1S/C49H47B33/c1-16-17(2)22(7)32-29(14)34(28(13)27(12)31(32)21(16)6)35-25(10)20(5)26(11)37-38(35)30(15)33-23(8)18(3)19(4)24(9)36(33)39(37)41-44(68-51)43(50)40-42(45(41)72(55)69-52)46(73(56)77(57)58)48(74(70-53)78(59)60)49(75(79(61)62)80(63)64)47(40)76(81(65)66)82(67)71-54/h18-19H,1-15H3. The van der Waals surface area contributed by atoms with Gasteiger partial charge < -0.3 is 0 Å². The van der Waals surface area contributed by atoms with E-state index in [9.17, 15) is 0 Å². The lowest BCUT2D eigenvalue weighted by atomic mass is 8.66. The molecule has 342 valence electrons. The highest BCUT2D eigenvalue weighted by molar-refractivity contribution is 7.89. The summed E-state index contributed by atoms with van der Waals surface area (Å²) >= 11 is 0. The summed E-state index contributed by atoms with van der Waals surface area (Å²) in [4.78, 5) is 0. The van der Waals surface area contributed by atoms with E-state index >= 15 is 0 Å². The van der Waals surface area contributed by atoms with Gasteiger partial charge in [-0.1, -0.05) is 52.3 Å². The molecule has 82 heavy (non-hydrogen) atoms. The third-order valence-corrected chi connectivity index (χ3v) is 20.0. The molecule has 1 aliphatic carbocycles. The van der Waals surface area contributed by atoms with Gasteiger partial charge in [-0.3, -0.25) is 0 Å². The van der Waals surface area contributed by atoms with Gasteiger partial charge in [-0.05, 0) is 228 Å². The van der Waals surface area contributed by atoms with E-state index in [2.05, 4.69) is 104 Å². The molecule has 0 saturated carbocycles. The van der Waals surface area contributed by atoms with Crippen molar-refractivity contribution in [1.82, 2.24) is 0 Å². The van der Waals surface area contributed by atoms with Crippen molar-refractivity contribution in [2.24, 2.45) is 11.8 Å². The van der Waals surface area contributed by atoms with Gasteiger partial charge in [0.25, 0.3) is 0 Å². The Bertz CT molecular complexity index is 3700. The van der Waals surface area contributed by atoms with Crippen molar-refractivity contribution in [3.8, 4) is 22.3 Å². The maximum Gasteiger partial charge on any atom is 0.113 e. The maximum atomic E-state index is 8.00. The molecule has 0 saturated heterocycles. The van der Waals surface area contributed by atoms with Crippen LogP contribution in [0, 0.1) is 88.0 Å². The molecule has 40 radical (unpaired) electrons. The van der Waals surface area contributed by atoms with Crippen LogP contribution >= 0.6 is 0 Å². The third kappa shape index (κ3) is 10.5. The summed E-state index contributed by atoms with van der Waals surface area (Å²) in [6.07, 6.45) is -7.39. The minimum absolute atomic E-state index is 0.0758. The van der Waals surface area contributed by atoms with Crippen LogP contribution in [0.4, 0.5) is 0 Å². The second kappa shape index (κ2) is 25.6. The predicted molar refractivity (Wildman–Crippen MR) is 405 cm³/mol. The van der Waals surface area contributed by atoms with Crippen LogP contribution in [0.2, 0.25) is 0 Å². The van der Waals surface area contributed by atoms with E-state index in [4.69, 9.17) is 139 Å². The molecule has 6 aromatic rings. The number of benzene rings is 6. The first-order chi connectivity index (χ1) is 38.2. The number of aryl methyl sites for hydroxylation is 6. The fraction of sp³-hybridized carbons (Fsp3) is 0.347. The monoisotopic (exact) mass is 999 g/mol. The Labute approximate surface area is 525 Å². The van der Waals surface area contributed by atoms with E-state index in [0.717, 1.165) is 60.2 Å². The van der Waals surface area contributed by atoms with Crippen molar-refractivity contribution in [2.75, 3.05) is 0 Å². The van der Waals surface area contributed by atoms with E-state index < -0.39 is 70.8 Å². The second-order valence-corrected chi connectivity index (χ2v) is 24.1. The molecule has 6 aromatic carbocycles. The number of fused-ring (bicyclic) bond motifs is 4. The topological polar surface area (TPSA) is 0 Å². The Balaban J connectivity index is 2.05.